The molecular weight excluding hydrogens is 287 g/mol. The van der Waals surface area contributed by atoms with Gasteiger partial charge in [-0.25, -0.2) is 0 Å². The topological polar surface area (TPSA) is 49.8 Å². The fourth-order valence-electron chi connectivity index (χ4n) is 2.39. The molecule has 1 N–H and O–H groups in total. The average Bonchev–Trinajstić information content (AvgIpc) is 2.85. The first-order valence-electron chi connectivity index (χ1n) is 6.60. The Bertz CT molecular complexity index is 487. The maximum Gasteiger partial charge on any atom is 0.422 e. The molecular formula is C14H16F3NO3. The van der Waals surface area contributed by atoms with Crippen LogP contribution in [0.3, 0.4) is 0 Å². The second-order valence-corrected chi connectivity index (χ2v) is 5.01. The molecule has 0 aliphatic carbocycles. The van der Waals surface area contributed by atoms with Crippen molar-refractivity contribution < 1.29 is 27.8 Å². The number of halogens is 3. The number of likely N-dealkylation sites (tertiary alicyclic amines) is 1. The third kappa shape index (κ3) is 4.63. The lowest BCUT2D eigenvalue weighted by Crippen LogP contribution is -2.35. The molecule has 1 aromatic rings. The van der Waals surface area contributed by atoms with E-state index in [0.29, 0.717) is 19.5 Å². The van der Waals surface area contributed by atoms with Crippen LogP contribution in [0.5, 0.6) is 5.75 Å². The molecule has 7 heteroatoms. The summed E-state index contributed by atoms with van der Waals surface area (Å²) >= 11 is 0. The van der Waals surface area contributed by atoms with Crippen molar-refractivity contribution in [1.82, 2.24) is 4.90 Å². The summed E-state index contributed by atoms with van der Waals surface area (Å²) in [5, 5.41) is 9.08. The van der Waals surface area contributed by atoms with E-state index in [9.17, 15) is 18.0 Å². The minimum atomic E-state index is -4.36. The molecule has 2 rings (SSSR count). The molecule has 0 spiro atoms. The monoisotopic (exact) mass is 303 g/mol. The molecule has 0 aromatic heterocycles. The van der Waals surface area contributed by atoms with Gasteiger partial charge in [-0.3, -0.25) is 9.69 Å². The molecule has 1 saturated heterocycles. The van der Waals surface area contributed by atoms with Gasteiger partial charge >= 0.3 is 12.1 Å². The molecule has 0 radical (unpaired) electrons. The Balaban J connectivity index is 1.92. The number of benzene rings is 1. The van der Waals surface area contributed by atoms with E-state index in [1.807, 2.05) is 4.90 Å². The molecule has 1 unspecified atom stereocenters. The highest BCUT2D eigenvalue weighted by Gasteiger charge is 2.30. The molecule has 1 aliphatic heterocycles. The number of hydrogen-bond acceptors (Lipinski definition) is 3. The quantitative estimate of drug-likeness (QED) is 0.908. The molecule has 0 amide bonds. The predicted molar refractivity (Wildman–Crippen MR) is 69.1 cm³/mol. The fraction of sp³-hybridized carbons (Fsp3) is 0.500. The van der Waals surface area contributed by atoms with E-state index in [1.165, 1.54) is 12.1 Å². The lowest BCUT2D eigenvalue weighted by atomic mass is 10.2. The van der Waals surface area contributed by atoms with E-state index in [0.717, 1.165) is 12.0 Å². The predicted octanol–water partition coefficient (Wildman–Crippen LogP) is 2.68. The first-order chi connectivity index (χ1) is 9.85. The second kappa shape index (κ2) is 6.34. The van der Waals surface area contributed by atoms with Crippen LogP contribution in [-0.4, -0.2) is 41.3 Å². The van der Waals surface area contributed by atoms with Gasteiger partial charge in [-0.15, -0.1) is 0 Å². The molecule has 1 heterocycles. The number of rotatable bonds is 5. The summed E-state index contributed by atoms with van der Waals surface area (Å²) in [7, 11) is 0. The molecule has 0 saturated carbocycles. The van der Waals surface area contributed by atoms with Gasteiger partial charge in [0.05, 0.1) is 0 Å². The SMILES string of the molecule is O=C(O)C1CCCN1Cc1ccc(OCC(F)(F)F)cc1. The molecule has 1 atom stereocenters. The van der Waals surface area contributed by atoms with E-state index >= 15 is 0 Å². The molecule has 1 aromatic carbocycles. The van der Waals surface area contributed by atoms with Crippen LogP contribution in [0.25, 0.3) is 0 Å². The molecule has 21 heavy (non-hydrogen) atoms. The van der Waals surface area contributed by atoms with Crippen molar-refractivity contribution in [2.75, 3.05) is 13.2 Å². The number of nitrogens with zero attached hydrogens (tertiary/aromatic N) is 1. The lowest BCUT2D eigenvalue weighted by molar-refractivity contribution is -0.153. The van der Waals surface area contributed by atoms with Crippen molar-refractivity contribution in [2.24, 2.45) is 0 Å². The summed E-state index contributed by atoms with van der Waals surface area (Å²) in [6, 6.07) is 5.76. The smallest absolute Gasteiger partial charge is 0.422 e. The number of carbonyl (C=O) groups is 1. The summed E-state index contributed by atoms with van der Waals surface area (Å²) in [5.74, 6) is -0.690. The van der Waals surface area contributed by atoms with Gasteiger partial charge in [-0.2, -0.15) is 13.2 Å². The standard InChI is InChI=1S/C14H16F3NO3/c15-14(16,17)9-21-11-5-3-10(4-6-11)8-18-7-1-2-12(18)13(19)20/h3-6,12H,1-2,7-9H2,(H,19,20). The van der Waals surface area contributed by atoms with Crippen LogP contribution in [0, 0.1) is 0 Å². The Hall–Kier alpha value is -1.76. The van der Waals surface area contributed by atoms with Crippen molar-refractivity contribution in [2.45, 2.75) is 31.6 Å². The van der Waals surface area contributed by atoms with Crippen LogP contribution in [-0.2, 0) is 11.3 Å². The summed E-state index contributed by atoms with van der Waals surface area (Å²) in [6.07, 6.45) is -2.89. The number of ether oxygens (including phenoxy) is 1. The molecule has 0 bridgehead atoms. The van der Waals surface area contributed by atoms with E-state index < -0.39 is 24.8 Å². The highest BCUT2D eigenvalue weighted by Crippen LogP contribution is 2.22. The summed E-state index contributed by atoms with van der Waals surface area (Å²) < 4.78 is 40.7. The number of hydrogen-bond donors (Lipinski definition) is 1. The van der Waals surface area contributed by atoms with Crippen molar-refractivity contribution in [3.05, 3.63) is 29.8 Å². The number of aliphatic carboxylic acids is 1. The van der Waals surface area contributed by atoms with Crippen LogP contribution in [0.2, 0.25) is 0 Å². The summed E-state index contributed by atoms with van der Waals surface area (Å²) in [4.78, 5) is 12.9. The first-order valence-corrected chi connectivity index (χ1v) is 6.60. The molecule has 1 fully saturated rings. The van der Waals surface area contributed by atoms with E-state index in [2.05, 4.69) is 4.74 Å². The summed E-state index contributed by atoms with van der Waals surface area (Å²) in [5.41, 5.74) is 0.850. The van der Waals surface area contributed by atoms with Gasteiger partial charge in [0.25, 0.3) is 0 Å². The third-order valence-corrected chi connectivity index (χ3v) is 3.36. The fourth-order valence-corrected chi connectivity index (χ4v) is 2.39. The van der Waals surface area contributed by atoms with Crippen LogP contribution in [0.15, 0.2) is 24.3 Å². The van der Waals surface area contributed by atoms with E-state index in [1.54, 1.807) is 12.1 Å². The zero-order valence-electron chi connectivity index (χ0n) is 11.3. The van der Waals surface area contributed by atoms with E-state index in [-0.39, 0.29) is 5.75 Å². The first kappa shape index (κ1) is 15.6. The lowest BCUT2D eigenvalue weighted by Gasteiger charge is -2.21. The maximum atomic E-state index is 12.0. The zero-order chi connectivity index (χ0) is 15.5. The number of carboxylic acid groups (broad SMARTS) is 1. The Labute approximate surface area is 120 Å². The van der Waals surface area contributed by atoms with Crippen molar-refractivity contribution in [1.29, 1.82) is 0 Å². The van der Waals surface area contributed by atoms with E-state index in [4.69, 9.17) is 5.11 Å². The largest absolute Gasteiger partial charge is 0.484 e. The van der Waals surface area contributed by atoms with Gasteiger partial charge in [-0.05, 0) is 37.1 Å². The second-order valence-electron chi connectivity index (χ2n) is 5.01. The van der Waals surface area contributed by atoms with Gasteiger partial charge in [-0.1, -0.05) is 12.1 Å². The van der Waals surface area contributed by atoms with Gasteiger partial charge < -0.3 is 9.84 Å². The highest BCUT2D eigenvalue weighted by molar-refractivity contribution is 5.73. The summed E-state index contributed by atoms with van der Waals surface area (Å²) in [6.45, 7) is -0.140. The van der Waals surface area contributed by atoms with Crippen LogP contribution < -0.4 is 4.74 Å². The Morgan fingerprint density at radius 3 is 2.57 bits per heavy atom. The van der Waals surface area contributed by atoms with Crippen molar-refractivity contribution in [3.63, 3.8) is 0 Å². The van der Waals surface area contributed by atoms with Gasteiger partial charge in [0, 0.05) is 6.54 Å². The zero-order valence-corrected chi connectivity index (χ0v) is 11.3. The Morgan fingerprint density at radius 2 is 2.00 bits per heavy atom. The number of carboxylic acids is 1. The highest BCUT2D eigenvalue weighted by atomic mass is 19.4. The average molecular weight is 303 g/mol. The minimum absolute atomic E-state index is 0.146. The van der Waals surface area contributed by atoms with Gasteiger partial charge in [0.2, 0.25) is 0 Å². The van der Waals surface area contributed by atoms with Crippen LogP contribution in [0.1, 0.15) is 18.4 Å². The molecule has 116 valence electrons. The van der Waals surface area contributed by atoms with Crippen LogP contribution in [0.4, 0.5) is 13.2 Å². The Kier molecular flexibility index (Phi) is 4.72. The Morgan fingerprint density at radius 1 is 1.33 bits per heavy atom. The number of alkyl halides is 3. The maximum absolute atomic E-state index is 12.0. The van der Waals surface area contributed by atoms with Gasteiger partial charge in [0.15, 0.2) is 6.61 Å². The van der Waals surface area contributed by atoms with Gasteiger partial charge in [0.1, 0.15) is 11.8 Å². The van der Waals surface area contributed by atoms with Crippen LogP contribution >= 0.6 is 0 Å². The third-order valence-electron chi connectivity index (χ3n) is 3.36. The normalized spacial score (nSPS) is 19.7. The van der Waals surface area contributed by atoms with Crippen molar-refractivity contribution in [3.8, 4) is 5.75 Å². The molecule has 1 aliphatic rings. The minimum Gasteiger partial charge on any atom is -0.484 e. The van der Waals surface area contributed by atoms with Crippen molar-refractivity contribution >= 4 is 5.97 Å². The molecule has 4 nitrogen and oxygen atoms in total.